The van der Waals surface area contributed by atoms with E-state index in [0.29, 0.717) is 13.0 Å². The van der Waals surface area contributed by atoms with Crippen LogP contribution in [0, 0.1) is 12.3 Å². The number of carbonyl (C=O) groups is 2. The van der Waals surface area contributed by atoms with Gasteiger partial charge in [-0.05, 0) is 42.7 Å². The highest BCUT2D eigenvalue weighted by molar-refractivity contribution is 7.13. The summed E-state index contributed by atoms with van der Waals surface area (Å²) in [6.45, 7) is 10.9. The van der Waals surface area contributed by atoms with Gasteiger partial charge in [0.1, 0.15) is 6.04 Å². The number of rotatable bonds is 6. The van der Waals surface area contributed by atoms with Crippen LogP contribution in [0.2, 0.25) is 0 Å². The second-order valence-electron chi connectivity index (χ2n) is 9.34. The van der Waals surface area contributed by atoms with Crippen molar-refractivity contribution in [2.75, 3.05) is 6.54 Å². The van der Waals surface area contributed by atoms with Gasteiger partial charge in [0.05, 0.1) is 22.1 Å². The van der Waals surface area contributed by atoms with Crippen LogP contribution in [0.15, 0.2) is 29.8 Å². The lowest BCUT2D eigenvalue weighted by Gasteiger charge is -2.29. The second-order valence-corrected chi connectivity index (χ2v) is 10.2. The molecule has 0 saturated carbocycles. The molecule has 0 unspecified atom stereocenters. The average Bonchev–Trinajstić information content (AvgIpc) is 3.34. The lowest BCUT2D eigenvalue weighted by molar-refractivity contribution is -0.140. The third kappa shape index (κ3) is 5.28. The van der Waals surface area contributed by atoms with Gasteiger partial charge in [0.25, 0.3) is 0 Å². The molecule has 1 N–H and O–H groups in total. The molecule has 30 heavy (non-hydrogen) atoms. The quantitative estimate of drug-likeness (QED) is 0.696. The van der Waals surface area contributed by atoms with E-state index in [1.807, 2.05) is 12.4 Å². The van der Waals surface area contributed by atoms with Crippen LogP contribution >= 0.6 is 11.3 Å². The highest BCUT2D eigenvalue weighted by atomic mass is 32.1. The normalized spacial score (nSPS) is 17.8. The van der Waals surface area contributed by atoms with Gasteiger partial charge in [0.2, 0.25) is 11.8 Å². The Hall–Kier alpha value is -2.21. The van der Waals surface area contributed by atoms with Gasteiger partial charge in [0, 0.05) is 13.0 Å². The lowest BCUT2D eigenvalue weighted by Crippen LogP contribution is -2.47. The summed E-state index contributed by atoms with van der Waals surface area (Å²) in [5.41, 5.74) is 5.05. The third-order valence-corrected chi connectivity index (χ3v) is 6.58. The maximum atomic E-state index is 13.1. The van der Waals surface area contributed by atoms with Gasteiger partial charge in [-0.1, -0.05) is 52.0 Å². The topological polar surface area (TPSA) is 62.3 Å². The summed E-state index contributed by atoms with van der Waals surface area (Å²) < 4.78 is 0. The molecule has 2 aromatic rings. The van der Waals surface area contributed by atoms with E-state index in [2.05, 4.69) is 62.3 Å². The Labute approximate surface area is 183 Å². The predicted molar refractivity (Wildman–Crippen MR) is 122 cm³/mol. The van der Waals surface area contributed by atoms with E-state index in [4.69, 9.17) is 0 Å². The molecule has 0 spiro atoms. The van der Waals surface area contributed by atoms with E-state index in [1.165, 1.54) is 4.88 Å². The Kier molecular flexibility index (Phi) is 6.96. The number of thiazole rings is 1. The summed E-state index contributed by atoms with van der Waals surface area (Å²) in [5, 5.41) is 3.20. The first-order valence-corrected chi connectivity index (χ1v) is 11.7. The zero-order chi connectivity index (χ0) is 21.9. The number of carbonyl (C=O) groups excluding carboxylic acids is 2. The van der Waals surface area contributed by atoms with Gasteiger partial charge < -0.3 is 10.2 Å². The van der Waals surface area contributed by atoms with Crippen LogP contribution in [0.3, 0.4) is 0 Å². The van der Waals surface area contributed by atoms with Crippen LogP contribution in [0.1, 0.15) is 70.7 Å². The Balaban J connectivity index is 1.68. The number of aryl methyl sites for hydroxylation is 1. The molecule has 1 aromatic heterocycles. The minimum atomic E-state index is -0.354. The van der Waals surface area contributed by atoms with E-state index >= 15 is 0 Å². The number of hydrogen-bond acceptors (Lipinski definition) is 4. The van der Waals surface area contributed by atoms with E-state index < -0.39 is 0 Å². The Bertz CT molecular complexity index is 883. The van der Waals surface area contributed by atoms with Gasteiger partial charge in [-0.2, -0.15) is 0 Å². The van der Waals surface area contributed by atoms with E-state index in [9.17, 15) is 9.59 Å². The van der Waals surface area contributed by atoms with Crippen molar-refractivity contribution in [2.45, 2.75) is 72.4 Å². The van der Waals surface area contributed by atoms with Gasteiger partial charge in [-0.3, -0.25) is 9.59 Å². The van der Waals surface area contributed by atoms with E-state index in [1.54, 1.807) is 16.2 Å². The van der Waals surface area contributed by atoms with Crippen LogP contribution in [-0.4, -0.2) is 34.3 Å². The molecule has 2 atom stereocenters. The molecule has 2 amide bonds. The highest BCUT2D eigenvalue weighted by Crippen LogP contribution is 2.29. The molecule has 1 aliphatic rings. The van der Waals surface area contributed by atoms with Gasteiger partial charge >= 0.3 is 0 Å². The summed E-state index contributed by atoms with van der Waals surface area (Å²) in [7, 11) is 0. The third-order valence-electron chi connectivity index (χ3n) is 5.60. The van der Waals surface area contributed by atoms with Crippen molar-refractivity contribution in [2.24, 2.45) is 5.41 Å². The molecule has 0 aliphatic carbocycles. The fourth-order valence-electron chi connectivity index (χ4n) is 4.03. The number of benzene rings is 1. The van der Waals surface area contributed by atoms with Crippen molar-refractivity contribution in [3.05, 3.63) is 41.0 Å². The molecule has 1 aromatic carbocycles. The zero-order valence-electron chi connectivity index (χ0n) is 18.7. The first-order chi connectivity index (χ1) is 14.2. The monoisotopic (exact) mass is 427 g/mol. The van der Waals surface area contributed by atoms with Crippen molar-refractivity contribution in [3.63, 3.8) is 0 Å². The summed E-state index contributed by atoms with van der Waals surface area (Å²) in [5.74, 6) is 0.0430. The number of hydrogen-bond donors (Lipinski definition) is 1. The SMILES string of the molecule is CC[C@H](NC(=O)[C@@H]1CCCN1C(=O)CC(C)(C)C)c1ccc(-c2scnc2C)cc1. The van der Waals surface area contributed by atoms with Crippen LogP contribution in [0.4, 0.5) is 0 Å². The molecule has 6 heteroatoms. The maximum Gasteiger partial charge on any atom is 0.243 e. The Morgan fingerprint density at radius 2 is 1.97 bits per heavy atom. The number of nitrogens with one attached hydrogen (secondary N) is 1. The number of nitrogens with zero attached hydrogens (tertiary/aromatic N) is 2. The molecule has 162 valence electrons. The van der Waals surface area contributed by atoms with Crippen LogP contribution in [-0.2, 0) is 9.59 Å². The summed E-state index contributed by atoms with van der Waals surface area (Å²) in [6, 6.07) is 7.95. The number of aromatic nitrogens is 1. The van der Waals surface area contributed by atoms with Crippen molar-refractivity contribution in [1.82, 2.24) is 15.2 Å². The Morgan fingerprint density at radius 1 is 1.27 bits per heavy atom. The summed E-state index contributed by atoms with van der Waals surface area (Å²) >= 11 is 1.64. The summed E-state index contributed by atoms with van der Waals surface area (Å²) in [6.07, 6.45) is 2.88. The second kappa shape index (κ2) is 9.29. The average molecular weight is 428 g/mol. The molecular weight excluding hydrogens is 394 g/mol. The smallest absolute Gasteiger partial charge is 0.243 e. The molecule has 0 radical (unpaired) electrons. The van der Waals surface area contributed by atoms with Crippen molar-refractivity contribution < 1.29 is 9.59 Å². The van der Waals surface area contributed by atoms with Gasteiger partial charge in [0.15, 0.2) is 0 Å². The number of amides is 2. The molecule has 1 aliphatic heterocycles. The molecule has 1 fully saturated rings. The standard InChI is InChI=1S/C24H33N3O2S/c1-6-19(17-9-11-18(12-10-17)22-16(2)25-15-30-22)26-23(29)20-8-7-13-27(20)21(28)14-24(3,4)5/h9-12,15,19-20H,6-8,13-14H2,1-5H3,(H,26,29)/t19-,20-/m0/s1. The molecule has 2 heterocycles. The van der Waals surface area contributed by atoms with Crippen LogP contribution in [0.25, 0.3) is 10.4 Å². The van der Waals surface area contributed by atoms with Gasteiger partial charge in [-0.15, -0.1) is 11.3 Å². The highest BCUT2D eigenvalue weighted by Gasteiger charge is 2.35. The zero-order valence-corrected chi connectivity index (χ0v) is 19.5. The maximum absolute atomic E-state index is 13.1. The van der Waals surface area contributed by atoms with Crippen LogP contribution < -0.4 is 5.32 Å². The number of likely N-dealkylation sites (tertiary alicyclic amines) is 1. The van der Waals surface area contributed by atoms with Crippen LogP contribution in [0.5, 0.6) is 0 Å². The first-order valence-electron chi connectivity index (χ1n) is 10.8. The molecule has 1 saturated heterocycles. The minimum Gasteiger partial charge on any atom is -0.348 e. The fourth-order valence-corrected chi connectivity index (χ4v) is 4.84. The predicted octanol–water partition coefficient (Wildman–Crippen LogP) is 5.11. The van der Waals surface area contributed by atoms with Crippen molar-refractivity contribution in [3.8, 4) is 10.4 Å². The van der Waals surface area contributed by atoms with E-state index in [-0.39, 0.29) is 29.3 Å². The van der Waals surface area contributed by atoms with Crippen molar-refractivity contribution in [1.29, 1.82) is 0 Å². The minimum absolute atomic E-state index is 0.0380. The molecule has 0 bridgehead atoms. The molecular formula is C24H33N3O2S. The summed E-state index contributed by atoms with van der Waals surface area (Å²) in [4.78, 5) is 33.1. The van der Waals surface area contributed by atoms with Gasteiger partial charge in [-0.25, -0.2) is 4.98 Å². The lowest BCUT2D eigenvalue weighted by atomic mass is 9.91. The Morgan fingerprint density at radius 3 is 2.53 bits per heavy atom. The first kappa shape index (κ1) is 22.5. The fraction of sp³-hybridized carbons (Fsp3) is 0.542. The van der Waals surface area contributed by atoms with E-state index in [0.717, 1.165) is 36.1 Å². The van der Waals surface area contributed by atoms with Crippen molar-refractivity contribution >= 4 is 23.2 Å². The molecule has 3 rings (SSSR count). The molecule has 5 nitrogen and oxygen atoms in total. The largest absolute Gasteiger partial charge is 0.348 e.